The van der Waals surface area contributed by atoms with Gasteiger partial charge in [0.2, 0.25) is 0 Å². The first-order valence-corrected chi connectivity index (χ1v) is 7.31. The number of aliphatic hydroxyl groups excluding tert-OH is 2. The van der Waals surface area contributed by atoms with E-state index in [0.29, 0.717) is 6.61 Å². The SMILES string of the molecule is CCCCO[C@H]1[C@H](OC(C)=O)[C@H](OC(C)=O)C(O)O[C@@H]1CO. The molecule has 1 rings (SSSR count). The summed E-state index contributed by atoms with van der Waals surface area (Å²) in [6, 6.07) is 0. The largest absolute Gasteiger partial charge is 0.455 e. The zero-order valence-corrected chi connectivity index (χ0v) is 13.1. The van der Waals surface area contributed by atoms with Gasteiger partial charge in [0.15, 0.2) is 18.5 Å². The molecule has 0 amide bonds. The van der Waals surface area contributed by atoms with E-state index in [2.05, 4.69) is 0 Å². The van der Waals surface area contributed by atoms with Crippen LogP contribution in [0.2, 0.25) is 0 Å². The van der Waals surface area contributed by atoms with Crippen LogP contribution in [0.25, 0.3) is 0 Å². The summed E-state index contributed by atoms with van der Waals surface area (Å²) in [7, 11) is 0. The fraction of sp³-hybridized carbons (Fsp3) is 0.857. The number of aliphatic hydroxyl groups is 2. The maximum atomic E-state index is 11.3. The van der Waals surface area contributed by atoms with Crippen molar-refractivity contribution in [2.75, 3.05) is 13.2 Å². The third-order valence-corrected chi connectivity index (χ3v) is 3.20. The van der Waals surface area contributed by atoms with Crippen LogP contribution in [0.3, 0.4) is 0 Å². The van der Waals surface area contributed by atoms with Gasteiger partial charge in [-0.15, -0.1) is 0 Å². The van der Waals surface area contributed by atoms with Gasteiger partial charge in [-0.1, -0.05) is 13.3 Å². The standard InChI is InChI=1S/C14H24O8/c1-4-5-6-19-11-10(7-15)22-14(18)13(21-9(3)17)12(11)20-8(2)16/h10-15,18H,4-7H2,1-3H3/t10-,11-,12+,13+,14?/m1/s1. The third-order valence-electron chi connectivity index (χ3n) is 3.20. The van der Waals surface area contributed by atoms with E-state index in [9.17, 15) is 19.8 Å². The van der Waals surface area contributed by atoms with Crippen molar-refractivity contribution in [1.29, 1.82) is 0 Å². The van der Waals surface area contributed by atoms with Crippen molar-refractivity contribution in [3.63, 3.8) is 0 Å². The predicted molar refractivity (Wildman–Crippen MR) is 73.7 cm³/mol. The molecule has 0 spiro atoms. The van der Waals surface area contributed by atoms with Crippen molar-refractivity contribution in [3.8, 4) is 0 Å². The normalized spacial score (nSPS) is 31.6. The van der Waals surface area contributed by atoms with Gasteiger partial charge in [-0.05, 0) is 6.42 Å². The molecule has 1 heterocycles. The van der Waals surface area contributed by atoms with Crippen molar-refractivity contribution in [2.45, 2.75) is 64.3 Å². The summed E-state index contributed by atoms with van der Waals surface area (Å²) < 4.78 is 21.0. The average molecular weight is 320 g/mol. The molecule has 0 aromatic rings. The van der Waals surface area contributed by atoms with Gasteiger partial charge >= 0.3 is 11.9 Å². The molecule has 5 atom stereocenters. The first-order chi connectivity index (χ1) is 10.4. The van der Waals surface area contributed by atoms with Gasteiger partial charge in [-0.3, -0.25) is 9.59 Å². The molecule has 1 unspecified atom stereocenters. The Kier molecular flexibility index (Phi) is 7.74. The van der Waals surface area contributed by atoms with Crippen LogP contribution >= 0.6 is 0 Å². The lowest BCUT2D eigenvalue weighted by atomic mass is 9.98. The van der Waals surface area contributed by atoms with E-state index in [-0.39, 0.29) is 0 Å². The number of unbranched alkanes of at least 4 members (excludes halogenated alkanes) is 1. The molecule has 1 aliphatic rings. The molecule has 8 nitrogen and oxygen atoms in total. The molecule has 1 saturated heterocycles. The Morgan fingerprint density at radius 1 is 1.09 bits per heavy atom. The molecule has 0 radical (unpaired) electrons. The Balaban J connectivity index is 2.95. The lowest BCUT2D eigenvalue weighted by Crippen LogP contribution is -2.61. The van der Waals surface area contributed by atoms with Crippen LogP contribution in [-0.4, -0.2) is 66.1 Å². The number of esters is 2. The van der Waals surface area contributed by atoms with E-state index >= 15 is 0 Å². The van der Waals surface area contributed by atoms with Gasteiger partial charge in [-0.25, -0.2) is 0 Å². The van der Waals surface area contributed by atoms with E-state index in [1.54, 1.807) is 0 Å². The highest BCUT2D eigenvalue weighted by molar-refractivity contribution is 5.67. The van der Waals surface area contributed by atoms with Gasteiger partial charge in [0.05, 0.1) is 6.61 Å². The molecule has 0 aromatic heterocycles. The van der Waals surface area contributed by atoms with E-state index in [0.717, 1.165) is 12.8 Å². The number of carbonyl (C=O) groups excluding carboxylic acids is 2. The minimum Gasteiger partial charge on any atom is -0.455 e. The molecule has 8 heteroatoms. The van der Waals surface area contributed by atoms with Crippen molar-refractivity contribution in [2.24, 2.45) is 0 Å². The lowest BCUT2D eigenvalue weighted by Gasteiger charge is -2.42. The van der Waals surface area contributed by atoms with Gasteiger partial charge in [0.25, 0.3) is 0 Å². The summed E-state index contributed by atoms with van der Waals surface area (Å²) in [5.74, 6) is -1.27. The Morgan fingerprint density at radius 3 is 2.18 bits per heavy atom. The monoisotopic (exact) mass is 320 g/mol. The molecule has 22 heavy (non-hydrogen) atoms. The van der Waals surface area contributed by atoms with Crippen LogP contribution in [0, 0.1) is 0 Å². The van der Waals surface area contributed by atoms with Crippen molar-refractivity contribution in [3.05, 3.63) is 0 Å². The summed E-state index contributed by atoms with van der Waals surface area (Å²) in [5.41, 5.74) is 0. The maximum Gasteiger partial charge on any atom is 0.303 e. The second kappa shape index (κ2) is 9.04. The molecule has 0 saturated carbocycles. The van der Waals surface area contributed by atoms with Crippen molar-refractivity contribution < 1.29 is 38.7 Å². The van der Waals surface area contributed by atoms with Crippen LogP contribution in [0.15, 0.2) is 0 Å². The molecule has 1 fully saturated rings. The summed E-state index contributed by atoms with van der Waals surface area (Å²) >= 11 is 0. The van der Waals surface area contributed by atoms with Crippen LogP contribution in [0.4, 0.5) is 0 Å². The number of ether oxygens (including phenoxy) is 4. The van der Waals surface area contributed by atoms with E-state index in [4.69, 9.17) is 18.9 Å². The summed E-state index contributed by atoms with van der Waals surface area (Å²) in [6.45, 7) is 4.28. The molecule has 0 aliphatic carbocycles. The first kappa shape index (κ1) is 18.8. The van der Waals surface area contributed by atoms with Gasteiger partial charge in [0, 0.05) is 20.5 Å². The summed E-state index contributed by atoms with van der Waals surface area (Å²) in [4.78, 5) is 22.5. The second-order valence-electron chi connectivity index (χ2n) is 5.08. The Hall–Kier alpha value is -1.22. The van der Waals surface area contributed by atoms with Crippen LogP contribution in [0.5, 0.6) is 0 Å². The smallest absolute Gasteiger partial charge is 0.303 e. The highest BCUT2D eigenvalue weighted by Crippen LogP contribution is 2.27. The van der Waals surface area contributed by atoms with E-state index in [1.165, 1.54) is 13.8 Å². The van der Waals surface area contributed by atoms with Crippen molar-refractivity contribution >= 4 is 11.9 Å². The number of hydrogen-bond acceptors (Lipinski definition) is 8. The van der Waals surface area contributed by atoms with Gasteiger partial charge in [0.1, 0.15) is 12.2 Å². The third kappa shape index (κ3) is 5.20. The quantitative estimate of drug-likeness (QED) is 0.488. The van der Waals surface area contributed by atoms with E-state index < -0.39 is 49.3 Å². The first-order valence-electron chi connectivity index (χ1n) is 7.31. The molecular formula is C14H24O8. The molecule has 1 aliphatic heterocycles. The number of rotatable bonds is 7. The predicted octanol–water partition coefficient (Wildman–Crippen LogP) is -0.255. The average Bonchev–Trinajstić information content (AvgIpc) is 2.44. The number of hydrogen-bond donors (Lipinski definition) is 2. The second-order valence-corrected chi connectivity index (χ2v) is 5.08. The minimum atomic E-state index is -1.52. The Labute approximate surface area is 129 Å². The fourth-order valence-corrected chi connectivity index (χ4v) is 2.25. The minimum absolute atomic E-state index is 0.363. The van der Waals surface area contributed by atoms with Gasteiger partial charge in [-0.2, -0.15) is 0 Å². The van der Waals surface area contributed by atoms with Crippen LogP contribution < -0.4 is 0 Å². The molecule has 0 bridgehead atoms. The van der Waals surface area contributed by atoms with E-state index in [1.807, 2.05) is 6.92 Å². The topological polar surface area (TPSA) is 112 Å². The van der Waals surface area contributed by atoms with Gasteiger partial charge < -0.3 is 29.2 Å². The molecule has 0 aromatic carbocycles. The summed E-state index contributed by atoms with van der Waals surface area (Å²) in [6.07, 6.45) is -3.85. The zero-order valence-electron chi connectivity index (χ0n) is 13.1. The molecule has 2 N–H and O–H groups in total. The summed E-state index contributed by atoms with van der Waals surface area (Å²) in [5, 5.41) is 19.3. The molecule has 128 valence electrons. The Bertz CT molecular complexity index is 372. The zero-order chi connectivity index (χ0) is 16.7. The van der Waals surface area contributed by atoms with Crippen molar-refractivity contribution in [1.82, 2.24) is 0 Å². The molecular weight excluding hydrogens is 296 g/mol. The maximum absolute atomic E-state index is 11.3. The highest BCUT2D eigenvalue weighted by atomic mass is 16.7. The number of carbonyl (C=O) groups is 2. The van der Waals surface area contributed by atoms with Crippen LogP contribution in [0.1, 0.15) is 33.6 Å². The van der Waals surface area contributed by atoms with Crippen LogP contribution in [-0.2, 0) is 28.5 Å². The Morgan fingerprint density at radius 2 is 1.68 bits per heavy atom. The lowest BCUT2D eigenvalue weighted by molar-refractivity contribution is -0.299. The fourth-order valence-electron chi connectivity index (χ4n) is 2.25. The highest BCUT2D eigenvalue weighted by Gasteiger charge is 2.49.